The highest BCUT2D eigenvalue weighted by Crippen LogP contribution is 2.10. The van der Waals surface area contributed by atoms with Gasteiger partial charge in [-0.05, 0) is 26.0 Å². The lowest BCUT2D eigenvalue weighted by Crippen LogP contribution is -2.42. The number of carboxylic acids is 1. The van der Waals surface area contributed by atoms with Crippen LogP contribution in [0, 0.1) is 0 Å². The molecule has 1 aromatic rings. The van der Waals surface area contributed by atoms with E-state index in [4.69, 9.17) is 5.11 Å². The summed E-state index contributed by atoms with van der Waals surface area (Å²) >= 11 is 0. The zero-order chi connectivity index (χ0) is 16.9. The third-order valence-corrected chi connectivity index (χ3v) is 5.17. The summed E-state index contributed by atoms with van der Waals surface area (Å²) in [6, 6.07) is 2.15. The average molecular weight is 328 g/mol. The van der Waals surface area contributed by atoms with E-state index < -0.39 is 21.8 Å². The van der Waals surface area contributed by atoms with Crippen molar-refractivity contribution in [3.8, 4) is 0 Å². The van der Waals surface area contributed by atoms with Crippen molar-refractivity contribution in [2.45, 2.75) is 26.8 Å². The van der Waals surface area contributed by atoms with Gasteiger partial charge in [-0.3, -0.25) is 4.79 Å². The molecule has 0 aliphatic carbocycles. The van der Waals surface area contributed by atoms with Crippen LogP contribution in [-0.2, 0) is 9.84 Å². The Morgan fingerprint density at radius 2 is 1.95 bits per heavy atom. The van der Waals surface area contributed by atoms with Crippen molar-refractivity contribution in [3.63, 3.8) is 0 Å². The zero-order valence-electron chi connectivity index (χ0n) is 12.8. The van der Waals surface area contributed by atoms with Crippen LogP contribution in [0.25, 0.3) is 0 Å². The van der Waals surface area contributed by atoms with E-state index in [2.05, 4.69) is 4.98 Å². The Morgan fingerprint density at radius 1 is 1.32 bits per heavy atom. The van der Waals surface area contributed by atoms with Gasteiger partial charge in [-0.2, -0.15) is 0 Å². The van der Waals surface area contributed by atoms with Crippen molar-refractivity contribution in [1.29, 1.82) is 0 Å². The lowest BCUT2D eigenvalue weighted by atomic mass is 10.2. The van der Waals surface area contributed by atoms with Crippen LogP contribution in [0.2, 0.25) is 0 Å². The number of amides is 1. The molecule has 1 unspecified atom stereocenters. The van der Waals surface area contributed by atoms with Crippen LogP contribution in [0.5, 0.6) is 0 Å². The fourth-order valence-corrected chi connectivity index (χ4v) is 3.19. The molecule has 0 saturated carbocycles. The van der Waals surface area contributed by atoms with Gasteiger partial charge >= 0.3 is 5.97 Å². The Morgan fingerprint density at radius 3 is 2.36 bits per heavy atom. The summed E-state index contributed by atoms with van der Waals surface area (Å²) in [6.07, 6.45) is 1.19. The van der Waals surface area contributed by atoms with Crippen molar-refractivity contribution < 1.29 is 23.1 Å². The molecule has 0 bridgehead atoms. The summed E-state index contributed by atoms with van der Waals surface area (Å²) in [4.78, 5) is 28.3. The highest BCUT2D eigenvalue weighted by molar-refractivity contribution is 7.91. The number of rotatable bonds is 7. The Hall–Kier alpha value is -1.96. The number of carbonyl (C=O) groups excluding carboxylic acids is 1. The SMILES string of the molecule is CCN(C(=O)c1ccc(C(=O)O)nc1)C(C)CS(=O)(=O)CC. The van der Waals surface area contributed by atoms with Crippen LogP contribution < -0.4 is 0 Å². The number of aromatic carboxylic acids is 1. The number of sulfone groups is 1. The number of nitrogens with zero attached hydrogens (tertiary/aromatic N) is 2. The number of pyridine rings is 1. The van der Waals surface area contributed by atoms with Gasteiger partial charge in [-0.15, -0.1) is 0 Å². The van der Waals surface area contributed by atoms with E-state index in [1.165, 1.54) is 23.2 Å². The second-order valence-corrected chi connectivity index (χ2v) is 7.27. The Bertz CT molecular complexity index is 640. The molecule has 1 atom stereocenters. The molecule has 0 fully saturated rings. The first-order valence-corrected chi connectivity index (χ1v) is 8.74. The van der Waals surface area contributed by atoms with Gasteiger partial charge in [0.2, 0.25) is 0 Å². The topological polar surface area (TPSA) is 105 Å². The van der Waals surface area contributed by atoms with Crippen LogP contribution in [0.3, 0.4) is 0 Å². The van der Waals surface area contributed by atoms with E-state index in [0.29, 0.717) is 6.54 Å². The summed E-state index contributed by atoms with van der Waals surface area (Å²) in [5, 5.41) is 8.79. The summed E-state index contributed by atoms with van der Waals surface area (Å²) in [6.45, 7) is 5.34. The van der Waals surface area contributed by atoms with Crippen molar-refractivity contribution in [2.75, 3.05) is 18.1 Å². The molecule has 0 aliphatic rings. The monoisotopic (exact) mass is 328 g/mol. The predicted octanol–water partition coefficient (Wildman–Crippen LogP) is 1.07. The van der Waals surface area contributed by atoms with Crippen molar-refractivity contribution in [3.05, 3.63) is 29.6 Å². The maximum absolute atomic E-state index is 12.4. The molecular weight excluding hydrogens is 308 g/mol. The van der Waals surface area contributed by atoms with Crippen LogP contribution in [0.15, 0.2) is 18.3 Å². The fourth-order valence-electron chi connectivity index (χ4n) is 2.04. The summed E-state index contributed by atoms with van der Waals surface area (Å²) in [7, 11) is -3.19. The first-order valence-electron chi connectivity index (χ1n) is 6.92. The lowest BCUT2D eigenvalue weighted by molar-refractivity contribution is 0.0683. The molecule has 1 N–H and O–H groups in total. The van der Waals surface area contributed by atoms with E-state index in [9.17, 15) is 18.0 Å². The van der Waals surface area contributed by atoms with E-state index in [-0.39, 0.29) is 28.7 Å². The van der Waals surface area contributed by atoms with Crippen molar-refractivity contribution in [2.24, 2.45) is 0 Å². The van der Waals surface area contributed by atoms with E-state index in [1.54, 1.807) is 20.8 Å². The highest BCUT2D eigenvalue weighted by Gasteiger charge is 2.24. The molecule has 122 valence electrons. The van der Waals surface area contributed by atoms with E-state index >= 15 is 0 Å². The predicted molar refractivity (Wildman–Crippen MR) is 81.7 cm³/mol. The van der Waals surface area contributed by atoms with Gasteiger partial charge in [0.15, 0.2) is 9.84 Å². The number of carbonyl (C=O) groups is 2. The molecule has 1 heterocycles. The van der Waals surface area contributed by atoms with Gasteiger partial charge in [-0.1, -0.05) is 6.92 Å². The van der Waals surface area contributed by atoms with E-state index in [1.807, 2.05) is 0 Å². The van der Waals surface area contributed by atoms with Crippen LogP contribution in [0.1, 0.15) is 41.6 Å². The Labute approximate surface area is 129 Å². The Kier molecular flexibility index (Phi) is 6.04. The minimum absolute atomic E-state index is 0.0257. The summed E-state index contributed by atoms with van der Waals surface area (Å²) < 4.78 is 23.4. The molecule has 0 radical (unpaired) electrons. The zero-order valence-corrected chi connectivity index (χ0v) is 13.6. The third-order valence-electron chi connectivity index (χ3n) is 3.30. The maximum atomic E-state index is 12.4. The largest absolute Gasteiger partial charge is 0.477 e. The van der Waals surface area contributed by atoms with Crippen LogP contribution >= 0.6 is 0 Å². The minimum Gasteiger partial charge on any atom is -0.477 e. The number of hydrogen-bond acceptors (Lipinski definition) is 5. The smallest absolute Gasteiger partial charge is 0.354 e. The number of carboxylic acid groups (broad SMARTS) is 1. The number of aromatic nitrogens is 1. The summed E-state index contributed by atoms with van der Waals surface area (Å²) in [5.41, 5.74) is 0.0776. The molecule has 0 aliphatic heterocycles. The normalized spacial score (nSPS) is 12.7. The molecule has 8 heteroatoms. The van der Waals surface area contributed by atoms with Gasteiger partial charge < -0.3 is 10.0 Å². The fraction of sp³-hybridized carbons (Fsp3) is 0.500. The average Bonchev–Trinajstić information content (AvgIpc) is 2.47. The molecule has 0 saturated heterocycles. The first-order chi connectivity index (χ1) is 10.2. The van der Waals surface area contributed by atoms with Crippen LogP contribution in [0.4, 0.5) is 0 Å². The third kappa shape index (κ3) is 4.52. The molecule has 0 aromatic carbocycles. The molecule has 1 amide bonds. The standard InChI is InChI=1S/C14H20N2O5S/c1-4-16(10(3)9-22(20,21)5-2)13(17)11-6-7-12(14(18)19)15-8-11/h6-8,10H,4-5,9H2,1-3H3,(H,18,19). The van der Waals surface area contributed by atoms with Crippen LogP contribution in [-0.4, -0.2) is 59.4 Å². The van der Waals surface area contributed by atoms with Gasteiger partial charge in [0.25, 0.3) is 5.91 Å². The molecular formula is C14H20N2O5S. The van der Waals surface area contributed by atoms with E-state index in [0.717, 1.165) is 0 Å². The molecule has 22 heavy (non-hydrogen) atoms. The Balaban J connectivity index is 2.94. The molecule has 7 nitrogen and oxygen atoms in total. The lowest BCUT2D eigenvalue weighted by Gasteiger charge is -2.27. The number of hydrogen-bond donors (Lipinski definition) is 1. The van der Waals surface area contributed by atoms with Gasteiger partial charge in [0.05, 0.1) is 11.3 Å². The van der Waals surface area contributed by atoms with Crippen molar-refractivity contribution >= 4 is 21.7 Å². The molecule has 1 aromatic heterocycles. The summed E-state index contributed by atoms with van der Waals surface area (Å²) in [5.74, 6) is -1.62. The minimum atomic E-state index is -3.19. The highest BCUT2D eigenvalue weighted by atomic mass is 32.2. The molecule has 1 rings (SSSR count). The second-order valence-electron chi connectivity index (χ2n) is 4.88. The first kappa shape index (κ1) is 18.1. The van der Waals surface area contributed by atoms with Gasteiger partial charge in [-0.25, -0.2) is 18.2 Å². The van der Waals surface area contributed by atoms with Gasteiger partial charge in [0.1, 0.15) is 5.69 Å². The molecule has 0 spiro atoms. The van der Waals surface area contributed by atoms with Gasteiger partial charge in [0, 0.05) is 24.5 Å². The maximum Gasteiger partial charge on any atom is 0.354 e. The van der Waals surface area contributed by atoms with Crippen molar-refractivity contribution in [1.82, 2.24) is 9.88 Å². The quantitative estimate of drug-likeness (QED) is 0.802. The second kappa shape index (κ2) is 7.35.